The molecule has 0 aromatic heterocycles. The highest BCUT2D eigenvalue weighted by Crippen LogP contribution is 2.20. The molecule has 2 rings (SSSR count). The molecule has 0 nitrogen and oxygen atoms in total. The third kappa shape index (κ3) is 4.89. The SMILES string of the molecule is C[Si](C)(C)C#CC(C#Cc1cccc2ccccc12)=C(Br)Br. The van der Waals surface area contributed by atoms with Crippen LogP contribution in [0.1, 0.15) is 5.56 Å². The molecule has 2 aromatic rings. The Morgan fingerprint density at radius 1 is 0.909 bits per heavy atom. The fraction of sp³-hybridized carbons (Fsp3) is 0.158. The first-order valence-corrected chi connectivity index (χ1v) is 12.0. The first-order chi connectivity index (χ1) is 10.4. The topological polar surface area (TPSA) is 0 Å². The zero-order valence-corrected chi connectivity index (χ0v) is 17.0. The standard InChI is InChI=1S/C19H16Br2Si/c1-22(2,3)14-13-17(19(20)21)12-11-16-9-6-8-15-7-4-5-10-18(15)16/h4-10H,1-3H3. The van der Waals surface area contributed by atoms with E-state index < -0.39 is 8.07 Å². The van der Waals surface area contributed by atoms with Gasteiger partial charge in [-0.1, -0.05) is 73.8 Å². The van der Waals surface area contributed by atoms with E-state index in [4.69, 9.17) is 0 Å². The van der Waals surface area contributed by atoms with Crippen molar-refractivity contribution < 1.29 is 0 Å². The predicted molar refractivity (Wildman–Crippen MR) is 107 cm³/mol. The van der Waals surface area contributed by atoms with Crippen molar-refractivity contribution in [1.82, 2.24) is 0 Å². The number of hydrogen-bond acceptors (Lipinski definition) is 0. The van der Waals surface area contributed by atoms with Crippen molar-refractivity contribution in [3.05, 3.63) is 57.0 Å². The summed E-state index contributed by atoms with van der Waals surface area (Å²) in [5.41, 5.74) is 5.15. The number of fused-ring (bicyclic) bond motifs is 1. The molecule has 22 heavy (non-hydrogen) atoms. The van der Waals surface area contributed by atoms with Gasteiger partial charge in [-0.25, -0.2) is 0 Å². The van der Waals surface area contributed by atoms with Crippen LogP contribution in [0.25, 0.3) is 10.8 Å². The molecule has 0 heterocycles. The minimum atomic E-state index is -1.42. The van der Waals surface area contributed by atoms with Crippen molar-refractivity contribution in [2.45, 2.75) is 19.6 Å². The average Bonchev–Trinajstić information content (AvgIpc) is 2.45. The number of benzene rings is 2. The number of halogens is 2. The van der Waals surface area contributed by atoms with Gasteiger partial charge >= 0.3 is 0 Å². The third-order valence-electron chi connectivity index (χ3n) is 2.86. The summed E-state index contributed by atoms with van der Waals surface area (Å²) in [6.45, 7) is 6.66. The van der Waals surface area contributed by atoms with Gasteiger partial charge in [0, 0.05) is 5.56 Å². The monoisotopic (exact) mass is 430 g/mol. The van der Waals surface area contributed by atoms with Gasteiger partial charge in [-0.3, -0.25) is 0 Å². The molecule has 0 spiro atoms. The van der Waals surface area contributed by atoms with Crippen LogP contribution in [0.5, 0.6) is 0 Å². The second-order valence-electron chi connectivity index (χ2n) is 5.91. The molecule has 0 fully saturated rings. The van der Waals surface area contributed by atoms with Gasteiger partial charge in [0.2, 0.25) is 0 Å². The second-order valence-corrected chi connectivity index (χ2v) is 13.3. The molecule has 0 aliphatic rings. The Morgan fingerprint density at radius 2 is 1.59 bits per heavy atom. The van der Waals surface area contributed by atoms with Crippen molar-refractivity contribution in [3.63, 3.8) is 0 Å². The zero-order chi connectivity index (χ0) is 16.2. The molecule has 0 atom stereocenters. The lowest BCUT2D eigenvalue weighted by Gasteiger charge is -2.03. The first-order valence-electron chi connectivity index (χ1n) is 6.95. The highest BCUT2D eigenvalue weighted by atomic mass is 79.9. The molecule has 0 saturated carbocycles. The lowest BCUT2D eigenvalue weighted by molar-refractivity contribution is 1.70. The molecule has 0 saturated heterocycles. The summed E-state index contributed by atoms with van der Waals surface area (Å²) in [4.78, 5) is 0. The molecule has 0 unspecified atom stereocenters. The van der Waals surface area contributed by atoms with Crippen molar-refractivity contribution >= 4 is 50.7 Å². The van der Waals surface area contributed by atoms with E-state index in [0.717, 1.165) is 14.5 Å². The van der Waals surface area contributed by atoms with Crippen molar-refractivity contribution in [1.29, 1.82) is 0 Å². The molecular weight excluding hydrogens is 416 g/mol. The van der Waals surface area contributed by atoms with Crippen LogP contribution in [0, 0.1) is 23.3 Å². The Bertz CT molecular complexity index is 841. The normalized spacial score (nSPS) is 10.2. The highest BCUT2D eigenvalue weighted by molar-refractivity contribution is 9.28. The molecule has 0 aliphatic carbocycles. The maximum absolute atomic E-state index is 3.44. The Kier molecular flexibility index (Phi) is 5.70. The number of rotatable bonds is 0. The minimum Gasteiger partial charge on any atom is -0.126 e. The lowest BCUT2D eigenvalue weighted by atomic mass is 10.0. The van der Waals surface area contributed by atoms with E-state index >= 15 is 0 Å². The summed E-state index contributed by atoms with van der Waals surface area (Å²) >= 11 is 6.88. The van der Waals surface area contributed by atoms with E-state index in [-0.39, 0.29) is 0 Å². The molecule has 0 amide bonds. The fourth-order valence-corrected chi connectivity index (χ4v) is 2.74. The van der Waals surface area contributed by atoms with Gasteiger partial charge in [-0.05, 0) is 48.7 Å². The minimum absolute atomic E-state index is 0.787. The largest absolute Gasteiger partial charge is 0.129 e. The molecule has 0 N–H and O–H groups in total. The Balaban J connectivity index is 2.46. The first kappa shape index (κ1) is 17.1. The smallest absolute Gasteiger partial charge is 0.126 e. The Hall–Kier alpha value is -1.26. The number of hydrogen-bond donors (Lipinski definition) is 0. The van der Waals surface area contributed by atoms with Gasteiger partial charge in [0.1, 0.15) is 8.07 Å². The predicted octanol–water partition coefficient (Wildman–Crippen LogP) is 6.07. The zero-order valence-electron chi connectivity index (χ0n) is 12.8. The molecular formula is C19H16Br2Si. The van der Waals surface area contributed by atoms with E-state index in [0.29, 0.717) is 0 Å². The quantitative estimate of drug-likeness (QED) is 0.350. The van der Waals surface area contributed by atoms with E-state index in [1.54, 1.807) is 0 Å². The maximum Gasteiger partial charge on any atom is 0.129 e. The van der Waals surface area contributed by atoms with Gasteiger partial charge in [-0.15, -0.1) is 5.54 Å². The van der Waals surface area contributed by atoms with Crippen LogP contribution in [0.15, 0.2) is 51.4 Å². The Morgan fingerprint density at radius 3 is 2.27 bits per heavy atom. The van der Waals surface area contributed by atoms with Gasteiger partial charge in [0.15, 0.2) is 0 Å². The van der Waals surface area contributed by atoms with E-state index in [2.05, 4.69) is 93.0 Å². The van der Waals surface area contributed by atoms with Gasteiger partial charge < -0.3 is 0 Å². The third-order valence-corrected chi connectivity index (χ3v) is 4.53. The van der Waals surface area contributed by atoms with Crippen molar-refractivity contribution in [2.24, 2.45) is 0 Å². The maximum atomic E-state index is 3.44. The van der Waals surface area contributed by atoms with Crippen LogP contribution in [0.3, 0.4) is 0 Å². The summed E-state index contributed by atoms with van der Waals surface area (Å²) in [5.74, 6) is 9.64. The van der Waals surface area contributed by atoms with Gasteiger partial charge in [0.25, 0.3) is 0 Å². The lowest BCUT2D eigenvalue weighted by Crippen LogP contribution is -2.16. The van der Waals surface area contributed by atoms with Gasteiger partial charge in [-0.2, -0.15) is 0 Å². The van der Waals surface area contributed by atoms with Gasteiger partial charge in [0.05, 0.1) is 8.96 Å². The van der Waals surface area contributed by atoms with Crippen LogP contribution in [-0.4, -0.2) is 8.07 Å². The van der Waals surface area contributed by atoms with Crippen LogP contribution < -0.4 is 0 Å². The van der Waals surface area contributed by atoms with Crippen LogP contribution in [0.4, 0.5) is 0 Å². The molecule has 0 bridgehead atoms. The average molecular weight is 432 g/mol. The molecule has 0 radical (unpaired) electrons. The Labute approximate surface area is 150 Å². The second kappa shape index (κ2) is 7.33. The summed E-state index contributed by atoms with van der Waals surface area (Å²) in [5, 5.41) is 2.37. The van der Waals surface area contributed by atoms with Crippen LogP contribution in [-0.2, 0) is 0 Å². The van der Waals surface area contributed by atoms with E-state index in [9.17, 15) is 0 Å². The van der Waals surface area contributed by atoms with Crippen molar-refractivity contribution in [3.8, 4) is 23.3 Å². The van der Waals surface area contributed by atoms with E-state index in [1.807, 2.05) is 24.3 Å². The summed E-state index contributed by atoms with van der Waals surface area (Å²) in [6, 6.07) is 14.5. The molecule has 0 aliphatic heterocycles. The molecule has 110 valence electrons. The fourth-order valence-electron chi connectivity index (χ4n) is 1.84. The molecule has 3 heteroatoms. The summed E-state index contributed by atoms with van der Waals surface area (Å²) < 4.78 is 0.804. The summed E-state index contributed by atoms with van der Waals surface area (Å²) in [6.07, 6.45) is 0. The summed E-state index contributed by atoms with van der Waals surface area (Å²) in [7, 11) is -1.42. The van der Waals surface area contributed by atoms with Crippen LogP contribution >= 0.6 is 31.9 Å². The van der Waals surface area contributed by atoms with Crippen LogP contribution in [0.2, 0.25) is 19.6 Å². The highest BCUT2D eigenvalue weighted by Gasteiger charge is 2.08. The van der Waals surface area contributed by atoms with Crippen molar-refractivity contribution in [2.75, 3.05) is 0 Å². The number of allylic oxidation sites excluding steroid dienone is 1. The molecule has 2 aromatic carbocycles. The van der Waals surface area contributed by atoms with E-state index in [1.165, 1.54) is 10.8 Å².